The zero-order valence-corrected chi connectivity index (χ0v) is 11.6. The van der Waals surface area contributed by atoms with Gasteiger partial charge in [-0.05, 0) is 18.6 Å². The van der Waals surface area contributed by atoms with E-state index in [9.17, 15) is 8.42 Å². The molecule has 0 bridgehead atoms. The standard InChI is InChI=1S/C12H19NO5S/c1-17-11-4-2-5-12(10-11)19(15,16)13-6-3-8-18-9-7-14/h2,4-5,10,13-14H,3,6-9H2,1H3. The molecule has 6 nitrogen and oxygen atoms in total. The third-order valence-electron chi connectivity index (χ3n) is 2.34. The zero-order chi connectivity index (χ0) is 14.1. The Morgan fingerprint density at radius 1 is 1.32 bits per heavy atom. The van der Waals surface area contributed by atoms with Crippen LogP contribution >= 0.6 is 0 Å². The quantitative estimate of drug-likeness (QED) is 0.642. The van der Waals surface area contributed by atoms with Gasteiger partial charge in [-0.15, -0.1) is 0 Å². The monoisotopic (exact) mass is 289 g/mol. The van der Waals surface area contributed by atoms with Crippen molar-refractivity contribution in [3.63, 3.8) is 0 Å². The summed E-state index contributed by atoms with van der Waals surface area (Å²) in [5, 5.41) is 8.50. The molecule has 0 fully saturated rings. The summed E-state index contributed by atoms with van der Waals surface area (Å²) in [4.78, 5) is 0.170. The number of ether oxygens (including phenoxy) is 2. The van der Waals surface area contributed by atoms with Crippen LogP contribution in [0.3, 0.4) is 0 Å². The summed E-state index contributed by atoms with van der Waals surface area (Å²) in [7, 11) is -2.04. The van der Waals surface area contributed by atoms with E-state index < -0.39 is 10.0 Å². The fourth-order valence-electron chi connectivity index (χ4n) is 1.40. The molecule has 0 aliphatic rings. The normalized spacial score (nSPS) is 11.5. The predicted molar refractivity (Wildman–Crippen MR) is 70.7 cm³/mol. The maximum Gasteiger partial charge on any atom is 0.240 e. The summed E-state index contributed by atoms with van der Waals surface area (Å²) in [6.45, 7) is 0.921. The molecule has 0 aromatic heterocycles. The topological polar surface area (TPSA) is 84.9 Å². The maximum absolute atomic E-state index is 11.9. The first-order valence-electron chi connectivity index (χ1n) is 5.92. The van der Waals surface area contributed by atoms with Crippen LogP contribution < -0.4 is 9.46 Å². The third kappa shape index (κ3) is 5.56. The van der Waals surface area contributed by atoms with E-state index in [-0.39, 0.29) is 24.7 Å². The Hall–Kier alpha value is -1.15. The molecule has 0 unspecified atom stereocenters. The van der Waals surface area contributed by atoms with E-state index in [1.165, 1.54) is 19.2 Å². The van der Waals surface area contributed by atoms with Crippen molar-refractivity contribution in [1.29, 1.82) is 0 Å². The molecule has 0 amide bonds. The van der Waals surface area contributed by atoms with Crippen LogP contribution in [0.25, 0.3) is 0 Å². The van der Waals surface area contributed by atoms with Crippen molar-refractivity contribution in [1.82, 2.24) is 4.72 Å². The summed E-state index contributed by atoms with van der Waals surface area (Å²) in [5.41, 5.74) is 0. The molecule has 19 heavy (non-hydrogen) atoms. The van der Waals surface area contributed by atoms with Crippen LogP contribution in [-0.4, -0.2) is 47.0 Å². The molecule has 1 aromatic rings. The Morgan fingerprint density at radius 2 is 2.11 bits per heavy atom. The molecule has 1 aromatic carbocycles. The highest BCUT2D eigenvalue weighted by Crippen LogP contribution is 2.16. The lowest BCUT2D eigenvalue weighted by Crippen LogP contribution is -2.25. The van der Waals surface area contributed by atoms with Gasteiger partial charge in [-0.3, -0.25) is 0 Å². The molecule has 0 aliphatic heterocycles. The second-order valence-electron chi connectivity index (χ2n) is 3.77. The van der Waals surface area contributed by atoms with Crippen LogP contribution in [0.5, 0.6) is 5.75 Å². The second kappa shape index (κ2) is 8.11. The van der Waals surface area contributed by atoms with Gasteiger partial charge in [0.15, 0.2) is 0 Å². The van der Waals surface area contributed by atoms with Gasteiger partial charge in [0.1, 0.15) is 5.75 Å². The maximum atomic E-state index is 11.9. The van der Waals surface area contributed by atoms with Gasteiger partial charge in [0.25, 0.3) is 0 Å². The highest BCUT2D eigenvalue weighted by molar-refractivity contribution is 7.89. The van der Waals surface area contributed by atoms with Gasteiger partial charge in [0, 0.05) is 19.2 Å². The Bertz CT molecular complexity index is 475. The number of methoxy groups -OCH3 is 1. The van der Waals surface area contributed by atoms with E-state index in [1.54, 1.807) is 12.1 Å². The first kappa shape index (κ1) is 15.9. The van der Waals surface area contributed by atoms with Crippen LogP contribution in [0.4, 0.5) is 0 Å². The number of benzene rings is 1. The molecule has 0 aliphatic carbocycles. The Morgan fingerprint density at radius 3 is 2.79 bits per heavy atom. The average Bonchev–Trinajstić information content (AvgIpc) is 2.43. The molecular formula is C12H19NO5S. The van der Waals surface area contributed by atoms with Crippen molar-refractivity contribution in [2.75, 3.05) is 33.5 Å². The minimum atomic E-state index is -3.52. The molecular weight excluding hydrogens is 270 g/mol. The number of nitrogens with one attached hydrogen (secondary N) is 1. The molecule has 0 atom stereocenters. The predicted octanol–water partition coefficient (Wildman–Crippen LogP) is 0.372. The molecule has 0 heterocycles. The van der Waals surface area contributed by atoms with Crippen molar-refractivity contribution in [2.24, 2.45) is 0 Å². The molecule has 0 saturated carbocycles. The summed E-state index contributed by atoms with van der Waals surface area (Å²) < 4.78 is 36.4. The number of sulfonamides is 1. The molecule has 2 N–H and O–H groups in total. The lowest BCUT2D eigenvalue weighted by atomic mass is 10.3. The van der Waals surface area contributed by atoms with Gasteiger partial charge in [-0.1, -0.05) is 6.07 Å². The van der Waals surface area contributed by atoms with Crippen molar-refractivity contribution >= 4 is 10.0 Å². The number of rotatable bonds is 9. The summed E-state index contributed by atoms with van der Waals surface area (Å²) >= 11 is 0. The van der Waals surface area contributed by atoms with Crippen LogP contribution in [0.15, 0.2) is 29.2 Å². The number of aliphatic hydroxyl groups is 1. The highest BCUT2D eigenvalue weighted by atomic mass is 32.2. The van der Waals surface area contributed by atoms with Gasteiger partial charge in [0.2, 0.25) is 10.0 Å². The Labute approximate surface area is 113 Å². The molecule has 7 heteroatoms. The summed E-state index contributed by atoms with van der Waals surface area (Å²) in [5.74, 6) is 0.495. The molecule has 108 valence electrons. The van der Waals surface area contributed by atoms with Crippen molar-refractivity contribution in [3.8, 4) is 5.75 Å². The summed E-state index contributed by atoms with van der Waals surface area (Å²) in [6, 6.07) is 6.28. The van der Waals surface area contributed by atoms with Crippen LogP contribution in [0.1, 0.15) is 6.42 Å². The van der Waals surface area contributed by atoms with Crippen molar-refractivity contribution < 1.29 is 23.0 Å². The number of aliphatic hydroxyl groups excluding tert-OH is 1. The second-order valence-corrected chi connectivity index (χ2v) is 5.53. The van der Waals surface area contributed by atoms with Gasteiger partial charge in [0.05, 0.1) is 25.2 Å². The Kier molecular flexibility index (Phi) is 6.79. The van der Waals surface area contributed by atoms with Gasteiger partial charge in [-0.2, -0.15) is 0 Å². The molecule has 1 rings (SSSR count). The average molecular weight is 289 g/mol. The largest absolute Gasteiger partial charge is 0.497 e. The van der Waals surface area contributed by atoms with Crippen LogP contribution in [0.2, 0.25) is 0 Å². The fourth-order valence-corrected chi connectivity index (χ4v) is 2.51. The molecule has 0 saturated heterocycles. The number of hydrogen-bond donors (Lipinski definition) is 2. The lowest BCUT2D eigenvalue weighted by Gasteiger charge is -2.08. The van der Waals surface area contributed by atoms with Crippen LogP contribution in [0, 0.1) is 0 Å². The van der Waals surface area contributed by atoms with E-state index in [0.717, 1.165) is 0 Å². The molecule has 0 radical (unpaired) electrons. The minimum absolute atomic E-state index is 0.0322. The Balaban J connectivity index is 2.46. The van der Waals surface area contributed by atoms with E-state index >= 15 is 0 Å². The fraction of sp³-hybridized carbons (Fsp3) is 0.500. The number of hydrogen-bond acceptors (Lipinski definition) is 5. The summed E-state index contributed by atoms with van der Waals surface area (Å²) in [6.07, 6.45) is 0.545. The smallest absolute Gasteiger partial charge is 0.240 e. The van der Waals surface area contributed by atoms with E-state index in [1.807, 2.05) is 0 Å². The SMILES string of the molecule is COc1cccc(S(=O)(=O)NCCCOCCO)c1. The van der Waals surface area contributed by atoms with Crippen LogP contribution in [-0.2, 0) is 14.8 Å². The van der Waals surface area contributed by atoms with E-state index in [4.69, 9.17) is 14.6 Å². The van der Waals surface area contributed by atoms with Gasteiger partial charge in [-0.25, -0.2) is 13.1 Å². The van der Waals surface area contributed by atoms with Gasteiger partial charge < -0.3 is 14.6 Å². The molecule has 0 spiro atoms. The highest BCUT2D eigenvalue weighted by Gasteiger charge is 2.13. The van der Waals surface area contributed by atoms with E-state index in [2.05, 4.69) is 4.72 Å². The minimum Gasteiger partial charge on any atom is -0.497 e. The zero-order valence-electron chi connectivity index (χ0n) is 10.8. The first-order valence-corrected chi connectivity index (χ1v) is 7.41. The van der Waals surface area contributed by atoms with Crippen molar-refractivity contribution in [3.05, 3.63) is 24.3 Å². The third-order valence-corrected chi connectivity index (χ3v) is 3.80. The lowest BCUT2D eigenvalue weighted by molar-refractivity contribution is 0.0913. The first-order chi connectivity index (χ1) is 9.10. The van der Waals surface area contributed by atoms with Crippen molar-refractivity contribution in [2.45, 2.75) is 11.3 Å². The van der Waals surface area contributed by atoms with Gasteiger partial charge >= 0.3 is 0 Å². The van der Waals surface area contributed by atoms with E-state index in [0.29, 0.717) is 18.8 Å².